The van der Waals surface area contributed by atoms with Gasteiger partial charge in [0.05, 0.1) is 5.39 Å². The molecule has 2 heterocycles. The molecule has 108 valence electrons. The molecular weight excluding hydrogens is 282 g/mol. The van der Waals surface area contributed by atoms with E-state index in [4.69, 9.17) is 0 Å². The lowest BCUT2D eigenvalue weighted by Crippen LogP contribution is -1.99. The Hall–Kier alpha value is -2.14. The van der Waals surface area contributed by atoms with E-state index in [-0.39, 0.29) is 5.75 Å². The molecule has 0 saturated heterocycles. The Morgan fingerprint density at radius 3 is 2.52 bits per heavy atom. The third kappa shape index (κ3) is 2.83. The van der Waals surface area contributed by atoms with E-state index in [1.54, 1.807) is 23.5 Å². The molecule has 0 spiro atoms. The fraction of sp³-hybridized carbons (Fsp3) is 0.250. The molecule has 2 N–H and O–H groups in total. The number of rotatable bonds is 4. The minimum Gasteiger partial charge on any atom is -0.508 e. The smallest absolute Gasteiger partial charge is 0.142 e. The molecular formula is C16H17N3OS. The van der Waals surface area contributed by atoms with Crippen LogP contribution in [0.2, 0.25) is 0 Å². The topological polar surface area (TPSA) is 58.0 Å². The summed E-state index contributed by atoms with van der Waals surface area (Å²) < 4.78 is 0. The van der Waals surface area contributed by atoms with E-state index in [0.29, 0.717) is 0 Å². The van der Waals surface area contributed by atoms with E-state index in [2.05, 4.69) is 35.2 Å². The van der Waals surface area contributed by atoms with E-state index in [0.717, 1.165) is 40.4 Å². The Balaban J connectivity index is 2.06. The van der Waals surface area contributed by atoms with E-state index < -0.39 is 0 Å². The van der Waals surface area contributed by atoms with Gasteiger partial charge in [-0.05, 0) is 36.8 Å². The fourth-order valence-corrected chi connectivity index (χ4v) is 3.11. The molecule has 21 heavy (non-hydrogen) atoms. The van der Waals surface area contributed by atoms with Crippen LogP contribution < -0.4 is 5.32 Å². The molecule has 2 aromatic heterocycles. The van der Waals surface area contributed by atoms with E-state index >= 15 is 0 Å². The molecule has 0 aliphatic rings. The van der Waals surface area contributed by atoms with Crippen LogP contribution in [-0.4, -0.2) is 15.1 Å². The molecule has 3 rings (SSSR count). The zero-order valence-electron chi connectivity index (χ0n) is 12.1. The van der Waals surface area contributed by atoms with Crippen LogP contribution in [0.3, 0.4) is 0 Å². The summed E-state index contributed by atoms with van der Waals surface area (Å²) in [6, 6.07) is 9.14. The molecule has 0 aliphatic carbocycles. The molecule has 0 atom stereocenters. The highest BCUT2D eigenvalue weighted by Crippen LogP contribution is 2.31. The maximum absolute atomic E-state index is 9.36. The van der Waals surface area contributed by atoms with Gasteiger partial charge in [-0.2, -0.15) is 0 Å². The van der Waals surface area contributed by atoms with Crippen LogP contribution in [0.25, 0.3) is 10.2 Å². The summed E-state index contributed by atoms with van der Waals surface area (Å²) in [6.07, 6.45) is 1.81. The summed E-state index contributed by atoms with van der Waals surface area (Å²) in [5.41, 5.74) is 0.902. The minimum atomic E-state index is 0.256. The second-order valence-electron chi connectivity index (χ2n) is 4.80. The van der Waals surface area contributed by atoms with Crippen molar-refractivity contribution in [2.45, 2.75) is 26.7 Å². The number of anilines is 2. The van der Waals surface area contributed by atoms with Gasteiger partial charge in [0.15, 0.2) is 0 Å². The summed E-state index contributed by atoms with van der Waals surface area (Å²) in [5, 5.41) is 13.7. The van der Waals surface area contributed by atoms with Gasteiger partial charge >= 0.3 is 0 Å². The predicted octanol–water partition coefficient (Wildman–Crippen LogP) is 4.27. The number of thiophene rings is 1. The SMILES string of the molecule is CCc1nc(Nc2ccc(O)cc2)c2cc(CC)sc2n1. The molecule has 0 fully saturated rings. The van der Waals surface area contributed by atoms with Gasteiger partial charge in [-0.15, -0.1) is 11.3 Å². The van der Waals surface area contributed by atoms with Crippen LogP contribution in [0.5, 0.6) is 5.75 Å². The normalized spacial score (nSPS) is 11.0. The van der Waals surface area contributed by atoms with Crippen LogP contribution in [0.15, 0.2) is 30.3 Å². The lowest BCUT2D eigenvalue weighted by atomic mass is 10.2. The summed E-state index contributed by atoms with van der Waals surface area (Å²) >= 11 is 1.72. The Kier molecular flexibility index (Phi) is 3.75. The molecule has 0 amide bonds. The van der Waals surface area contributed by atoms with Crippen molar-refractivity contribution in [1.82, 2.24) is 9.97 Å². The van der Waals surface area contributed by atoms with Gasteiger partial charge in [0.1, 0.15) is 22.2 Å². The Morgan fingerprint density at radius 1 is 1.10 bits per heavy atom. The van der Waals surface area contributed by atoms with Crippen LogP contribution in [0.4, 0.5) is 11.5 Å². The van der Waals surface area contributed by atoms with Crippen molar-refractivity contribution in [1.29, 1.82) is 0 Å². The van der Waals surface area contributed by atoms with Gasteiger partial charge in [0.2, 0.25) is 0 Å². The lowest BCUT2D eigenvalue weighted by Gasteiger charge is -2.08. The van der Waals surface area contributed by atoms with Crippen molar-refractivity contribution >= 4 is 33.1 Å². The van der Waals surface area contributed by atoms with Crippen LogP contribution in [0.1, 0.15) is 24.5 Å². The molecule has 4 nitrogen and oxygen atoms in total. The number of aromatic hydroxyl groups is 1. The number of aryl methyl sites for hydroxylation is 2. The Bertz CT molecular complexity index is 765. The first kappa shape index (κ1) is 13.8. The standard InChI is InChI=1S/C16H17N3OS/c1-3-12-9-13-15(17-10-5-7-11(20)8-6-10)18-14(4-2)19-16(13)21-12/h5-9,20H,3-4H2,1-2H3,(H,17,18,19). The highest BCUT2D eigenvalue weighted by Gasteiger charge is 2.11. The number of hydrogen-bond donors (Lipinski definition) is 2. The first-order valence-electron chi connectivity index (χ1n) is 7.05. The number of aromatic nitrogens is 2. The van der Waals surface area contributed by atoms with Gasteiger partial charge in [-0.3, -0.25) is 0 Å². The maximum atomic E-state index is 9.36. The second-order valence-corrected chi connectivity index (χ2v) is 5.91. The van der Waals surface area contributed by atoms with Crippen molar-refractivity contribution in [2.75, 3.05) is 5.32 Å². The maximum Gasteiger partial charge on any atom is 0.142 e. The zero-order chi connectivity index (χ0) is 14.8. The van der Waals surface area contributed by atoms with Gasteiger partial charge in [-0.1, -0.05) is 13.8 Å². The number of fused-ring (bicyclic) bond motifs is 1. The molecule has 3 aromatic rings. The first-order valence-corrected chi connectivity index (χ1v) is 7.86. The van der Waals surface area contributed by atoms with E-state index in [1.165, 1.54) is 4.88 Å². The lowest BCUT2D eigenvalue weighted by molar-refractivity contribution is 0.475. The third-order valence-electron chi connectivity index (χ3n) is 3.28. The van der Waals surface area contributed by atoms with Gasteiger partial charge < -0.3 is 10.4 Å². The number of benzene rings is 1. The zero-order valence-corrected chi connectivity index (χ0v) is 12.9. The van der Waals surface area contributed by atoms with E-state index in [9.17, 15) is 5.11 Å². The van der Waals surface area contributed by atoms with Crippen LogP contribution in [0, 0.1) is 0 Å². The van der Waals surface area contributed by atoms with Crippen molar-refractivity contribution < 1.29 is 5.11 Å². The monoisotopic (exact) mass is 299 g/mol. The van der Waals surface area contributed by atoms with Crippen molar-refractivity contribution in [3.63, 3.8) is 0 Å². The largest absolute Gasteiger partial charge is 0.508 e. The summed E-state index contributed by atoms with van der Waals surface area (Å²) in [5.74, 6) is 1.93. The van der Waals surface area contributed by atoms with Gasteiger partial charge in [0, 0.05) is 17.0 Å². The third-order valence-corrected chi connectivity index (χ3v) is 4.46. The fourth-order valence-electron chi connectivity index (χ4n) is 2.12. The molecule has 0 saturated carbocycles. The molecule has 1 aromatic carbocycles. The predicted molar refractivity (Wildman–Crippen MR) is 87.6 cm³/mol. The Morgan fingerprint density at radius 2 is 1.86 bits per heavy atom. The molecule has 5 heteroatoms. The van der Waals surface area contributed by atoms with E-state index in [1.807, 2.05) is 12.1 Å². The Labute approximate surface area is 127 Å². The van der Waals surface area contributed by atoms with Crippen LogP contribution >= 0.6 is 11.3 Å². The average Bonchev–Trinajstić information content (AvgIpc) is 2.92. The number of nitrogens with one attached hydrogen (secondary N) is 1. The number of nitrogens with zero attached hydrogens (tertiary/aromatic N) is 2. The number of phenols is 1. The summed E-state index contributed by atoms with van der Waals surface area (Å²) in [6.45, 7) is 4.20. The average molecular weight is 299 g/mol. The number of hydrogen-bond acceptors (Lipinski definition) is 5. The molecule has 0 aliphatic heterocycles. The van der Waals surface area contributed by atoms with Crippen molar-refractivity contribution in [3.8, 4) is 5.75 Å². The highest BCUT2D eigenvalue weighted by atomic mass is 32.1. The van der Waals surface area contributed by atoms with Gasteiger partial charge in [-0.25, -0.2) is 9.97 Å². The molecule has 0 radical (unpaired) electrons. The molecule has 0 bridgehead atoms. The molecule has 0 unspecified atom stereocenters. The van der Waals surface area contributed by atoms with Crippen molar-refractivity contribution in [3.05, 3.63) is 41.0 Å². The van der Waals surface area contributed by atoms with Crippen LogP contribution in [-0.2, 0) is 12.8 Å². The van der Waals surface area contributed by atoms with Crippen molar-refractivity contribution in [2.24, 2.45) is 0 Å². The highest BCUT2D eigenvalue weighted by molar-refractivity contribution is 7.18. The van der Waals surface area contributed by atoms with Gasteiger partial charge in [0.25, 0.3) is 0 Å². The number of phenolic OH excluding ortho intramolecular Hbond substituents is 1. The first-order chi connectivity index (χ1) is 10.2. The summed E-state index contributed by atoms with van der Waals surface area (Å²) in [4.78, 5) is 11.5. The minimum absolute atomic E-state index is 0.256. The quantitative estimate of drug-likeness (QED) is 0.707. The second kappa shape index (κ2) is 5.69. The summed E-state index contributed by atoms with van der Waals surface area (Å²) in [7, 11) is 0.